The number of likely N-dealkylation sites (tertiary alicyclic amines) is 1. The van der Waals surface area contributed by atoms with Gasteiger partial charge in [-0.1, -0.05) is 12.1 Å². The Morgan fingerprint density at radius 1 is 1.43 bits per heavy atom. The van der Waals surface area contributed by atoms with Gasteiger partial charge in [0.1, 0.15) is 0 Å². The number of aromatic amines is 1. The number of carbonyl (C=O) groups is 2. The van der Waals surface area contributed by atoms with Crippen LogP contribution >= 0.6 is 0 Å². The molecule has 2 heterocycles. The normalized spacial score (nSPS) is 17.9. The van der Waals surface area contributed by atoms with Crippen LogP contribution in [0.3, 0.4) is 0 Å². The molecule has 1 aromatic heterocycles. The Morgan fingerprint density at radius 2 is 2.26 bits per heavy atom. The molecule has 23 heavy (non-hydrogen) atoms. The summed E-state index contributed by atoms with van der Waals surface area (Å²) in [4.78, 5) is 28.9. The Kier molecular flexibility index (Phi) is 4.37. The molecule has 1 atom stereocenters. The summed E-state index contributed by atoms with van der Waals surface area (Å²) in [7, 11) is 0. The average Bonchev–Trinajstić information content (AvgIpc) is 3.10. The molecule has 0 bridgehead atoms. The molecule has 0 unspecified atom stereocenters. The lowest BCUT2D eigenvalue weighted by Gasteiger charge is -2.13. The van der Waals surface area contributed by atoms with Gasteiger partial charge in [0, 0.05) is 43.2 Å². The molecule has 1 saturated heterocycles. The monoisotopic (exact) mass is 313 g/mol. The van der Waals surface area contributed by atoms with Crippen LogP contribution in [0, 0.1) is 12.8 Å². The van der Waals surface area contributed by atoms with Crippen molar-refractivity contribution in [2.75, 3.05) is 19.6 Å². The number of H-pyrrole nitrogens is 1. The highest BCUT2D eigenvalue weighted by molar-refractivity contribution is 5.89. The molecule has 2 aromatic rings. The summed E-state index contributed by atoms with van der Waals surface area (Å²) in [5.74, 6) is -0.127. The summed E-state index contributed by atoms with van der Waals surface area (Å²) in [6, 6.07) is 6.34. The van der Waals surface area contributed by atoms with Gasteiger partial charge in [-0.2, -0.15) is 0 Å². The van der Waals surface area contributed by atoms with E-state index in [9.17, 15) is 9.59 Å². The van der Waals surface area contributed by atoms with E-state index in [0.29, 0.717) is 26.1 Å². The highest BCUT2D eigenvalue weighted by Gasteiger charge is 2.33. The predicted octanol–water partition coefficient (Wildman–Crippen LogP) is 2.00. The van der Waals surface area contributed by atoms with Gasteiger partial charge in [-0.15, -0.1) is 0 Å². The topological polar surface area (TPSA) is 65.2 Å². The number of rotatable bonds is 5. The van der Waals surface area contributed by atoms with E-state index < -0.39 is 0 Å². The molecule has 1 aliphatic rings. The zero-order valence-corrected chi connectivity index (χ0v) is 13.7. The van der Waals surface area contributed by atoms with Crippen molar-refractivity contribution in [1.82, 2.24) is 15.2 Å². The second-order valence-electron chi connectivity index (χ2n) is 6.24. The van der Waals surface area contributed by atoms with Crippen LogP contribution < -0.4 is 5.32 Å². The largest absolute Gasteiger partial charge is 0.361 e. The van der Waals surface area contributed by atoms with Crippen LogP contribution in [0.25, 0.3) is 10.9 Å². The molecule has 2 N–H and O–H groups in total. The molecule has 3 rings (SSSR count). The third kappa shape index (κ3) is 3.23. The number of aromatic nitrogens is 1. The lowest BCUT2D eigenvalue weighted by atomic mass is 10.1. The van der Waals surface area contributed by atoms with Crippen molar-refractivity contribution < 1.29 is 9.59 Å². The molecule has 0 spiro atoms. The molecular weight excluding hydrogens is 290 g/mol. The first kappa shape index (κ1) is 15.6. The van der Waals surface area contributed by atoms with Gasteiger partial charge in [0.25, 0.3) is 0 Å². The third-order valence-corrected chi connectivity index (χ3v) is 4.58. The molecule has 122 valence electrons. The molecule has 5 heteroatoms. The maximum Gasteiger partial charge on any atom is 0.225 e. The van der Waals surface area contributed by atoms with Crippen molar-refractivity contribution in [2.45, 2.75) is 26.7 Å². The SMILES string of the molecule is CCN1C[C@H](C(=O)NCCc2c[nH]c3cc(C)ccc23)CC1=O. The number of hydrogen-bond acceptors (Lipinski definition) is 2. The fourth-order valence-electron chi connectivity index (χ4n) is 3.23. The zero-order valence-electron chi connectivity index (χ0n) is 13.7. The van der Waals surface area contributed by atoms with Gasteiger partial charge in [0.15, 0.2) is 0 Å². The third-order valence-electron chi connectivity index (χ3n) is 4.58. The summed E-state index contributed by atoms with van der Waals surface area (Å²) >= 11 is 0. The van der Waals surface area contributed by atoms with Crippen molar-refractivity contribution in [3.05, 3.63) is 35.5 Å². The maximum absolute atomic E-state index is 12.2. The first-order valence-corrected chi connectivity index (χ1v) is 8.20. The van der Waals surface area contributed by atoms with E-state index in [0.717, 1.165) is 11.9 Å². The van der Waals surface area contributed by atoms with Crippen molar-refractivity contribution in [1.29, 1.82) is 0 Å². The van der Waals surface area contributed by atoms with Gasteiger partial charge < -0.3 is 15.2 Å². The summed E-state index contributed by atoms with van der Waals surface area (Å²) < 4.78 is 0. The van der Waals surface area contributed by atoms with Crippen molar-refractivity contribution >= 4 is 22.7 Å². The van der Waals surface area contributed by atoms with Crippen molar-refractivity contribution in [3.63, 3.8) is 0 Å². The maximum atomic E-state index is 12.2. The van der Waals surface area contributed by atoms with Gasteiger partial charge in [0.2, 0.25) is 11.8 Å². The minimum atomic E-state index is -0.201. The number of carbonyl (C=O) groups excluding carboxylic acids is 2. The van der Waals surface area contributed by atoms with Gasteiger partial charge in [-0.05, 0) is 37.5 Å². The Balaban J connectivity index is 1.55. The molecule has 1 fully saturated rings. The minimum Gasteiger partial charge on any atom is -0.361 e. The number of aryl methyl sites for hydroxylation is 1. The lowest BCUT2D eigenvalue weighted by Crippen LogP contribution is -2.34. The number of amides is 2. The first-order valence-electron chi connectivity index (χ1n) is 8.20. The average molecular weight is 313 g/mol. The minimum absolute atomic E-state index is 0.00927. The Morgan fingerprint density at radius 3 is 3.00 bits per heavy atom. The highest BCUT2D eigenvalue weighted by Crippen LogP contribution is 2.20. The number of nitrogens with one attached hydrogen (secondary N) is 2. The summed E-state index contributed by atoms with van der Waals surface area (Å²) in [6.07, 6.45) is 3.13. The Bertz CT molecular complexity index is 735. The second-order valence-corrected chi connectivity index (χ2v) is 6.24. The number of fused-ring (bicyclic) bond motifs is 1. The van der Waals surface area contributed by atoms with Crippen LogP contribution in [0.1, 0.15) is 24.5 Å². The van der Waals surface area contributed by atoms with Crippen molar-refractivity contribution in [2.24, 2.45) is 5.92 Å². The smallest absolute Gasteiger partial charge is 0.225 e. The zero-order chi connectivity index (χ0) is 16.4. The quantitative estimate of drug-likeness (QED) is 0.887. The van der Waals surface area contributed by atoms with Gasteiger partial charge in [-0.3, -0.25) is 9.59 Å². The Hall–Kier alpha value is -2.30. The van der Waals surface area contributed by atoms with E-state index in [2.05, 4.69) is 35.4 Å². The molecule has 0 aliphatic carbocycles. The molecule has 2 amide bonds. The van der Waals surface area contributed by atoms with Crippen LogP contribution in [-0.2, 0) is 16.0 Å². The van der Waals surface area contributed by atoms with E-state index in [1.807, 2.05) is 13.1 Å². The van der Waals surface area contributed by atoms with Crippen molar-refractivity contribution in [3.8, 4) is 0 Å². The van der Waals surface area contributed by atoms with E-state index in [1.54, 1.807) is 4.90 Å². The highest BCUT2D eigenvalue weighted by atomic mass is 16.2. The first-order chi connectivity index (χ1) is 11.1. The molecule has 0 saturated carbocycles. The fourth-order valence-corrected chi connectivity index (χ4v) is 3.23. The van der Waals surface area contributed by atoms with Crippen LogP contribution in [0.5, 0.6) is 0 Å². The van der Waals surface area contributed by atoms with E-state index in [1.165, 1.54) is 16.5 Å². The Labute approximate surface area is 136 Å². The number of benzene rings is 1. The van der Waals surface area contributed by atoms with Gasteiger partial charge >= 0.3 is 0 Å². The van der Waals surface area contributed by atoms with Gasteiger partial charge in [0.05, 0.1) is 5.92 Å². The second kappa shape index (κ2) is 6.44. The van der Waals surface area contributed by atoms with Crippen LogP contribution in [-0.4, -0.2) is 41.3 Å². The van der Waals surface area contributed by atoms with Crippen LogP contribution in [0.2, 0.25) is 0 Å². The molecular formula is C18H23N3O2. The molecule has 0 radical (unpaired) electrons. The van der Waals surface area contributed by atoms with Gasteiger partial charge in [-0.25, -0.2) is 0 Å². The summed E-state index contributed by atoms with van der Waals surface area (Å²) in [5, 5.41) is 4.18. The molecule has 1 aromatic carbocycles. The van der Waals surface area contributed by atoms with Crippen LogP contribution in [0.4, 0.5) is 0 Å². The van der Waals surface area contributed by atoms with E-state index >= 15 is 0 Å². The number of nitrogens with zero attached hydrogens (tertiary/aromatic N) is 1. The summed E-state index contributed by atoms with van der Waals surface area (Å²) in [6.45, 7) is 5.83. The molecule has 1 aliphatic heterocycles. The van der Waals surface area contributed by atoms with E-state index in [-0.39, 0.29) is 17.7 Å². The fraction of sp³-hybridized carbons (Fsp3) is 0.444. The summed E-state index contributed by atoms with van der Waals surface area (Å²) in [5.41, 5.74) is 3.56. The van der Waals surface area contributed by atoms with Crippen LogP contribution in [0.15, 0.2) is 24.4 Å². The number of hydrogen-bond donors (Lipinski definition) is 2. The standard InChI is InChI=1S/C18H23N3O2/c1-3-21-11-14(9-17(21)22)18(23)19-7-6-13-10-20-16-8-12(2)4-5-15(13)16/h4-5,8,10,14,20H,3,6-7,9,11H2,1-2H3,(H,19,23)/t14-/m1/s1. The predicted molar refractivity (Wildman–Crippen MR) is 90.1 cm³/mol. The molecule has 5 nitrogen and oxygen atoms in total. The lowest BCUT2D eigenvalue weighted by molar-refractivity contribution is -0.128. The van der Waals surface area contributed by atoms with E-state index in [4.69, 9.17) is 0 Å².